The van der Waals surface area contributed by atoms with Gasteiger partial charge in [0.25, 0.3) is 0 Å². The second kappa shape index (κ2) is 13.9. The molecular formula is C33H42ClN7O2. The Labute approximate surface area is 259 Å². The molecule has 43 heavy (non-hydrogen) atoms. The summed E-state index contributed by atoms with van der Waals surface area (Å²) in [7, 11) is 0. The molecule has 4 heterocycles. The van der Waals surface area contributed by atoms with Crippen molar-refractivity contribution in [2.24, 2.45) is 0 Å². The van der Waals surface area contributed by atoms with Gasteiger partial charge in [0.15, 0.2) is 0 Å². The Balaban J connectivity index is 1.02. The van der Waals surface area contributed by atoms with Crippen molar-refractivity contribution in [1.82, 2.24) is 24.7 Å². The Hall–Kier alpha value is -3.40. The molecule has 0 radical (unpaired) electrons. The number of halogens is 1. The number of nitrogens with zero attached hydrogens (tertiary/aromatic N) is 6. The van der Waals surface area contributed by atoms with Crippen LogP contribution in [0, 0.1) is 6.92 Å². The highest BCUT2D eigenvalue weighted by molar-refractivity contribution is 6.30. The first kappa shape index (κ1) is 29.7. The fourth-order valence-electron chi connectivity index (χ4n) is 6.27. The highest BCUT2D eigenvalue weighted by Gasteiger charge is 2.28. The summed E-state index contributed by atoms with van der Waals surface area (Å²) >= 11 is 6.13. The van der Waals surface area contributed by atoms with Gasteiger partial charge in [0.1, 0.15) is 23.1 Å². The number of anilines is 2. The van der Waals surface area contributed by atoms with E-state index in [1.165, 1.54) is 0 Å². The van der Waals surface area contributed by atoms with Crippen molar-refractivity contribution < 1.29 is 9.53 Å². The SMILES string of the molecule is Cc1ncc2c(n1)N(CCN1CCN(CCC(=O)N3CCCC3)CC1)CCC2Nc1cccc(Oc2cccc(Cl)c2)c1. The van der Waals surface area contributed by atoms with Gasteiger partial charge in [-0.25, -0.2) is 9.97 Å². The first-order valence-corrected chi connectivity index (χ1v) is 16.0. The summed E-state index contributed by atoms with van der Waals surface area (Å²) in [5, 5.41) is 4.35. The smallest absolute Gasteiger partial charge is 0.223 e. The predicted octanol–water partition coefficient (Wildman–Crippen LogP) is 5.22. The van der Waals surface area contributed by atoms with Gasteiger partial charge in [-0.1, -0.05) is 23.7 Å². The van der Waals surface area contributed by atoms with Gasteiger partial charge in [-0.3, -0.25) is 9.69 Å². The maximum atomic E-state index is 12.4. The van der Waals surface area contributed by atoms with Crippen LogP contribution in [-0.4, -0.2) is 96.0 Å². The second-order valence-electron chi connectivity index (χ2n) is 11.8. The van der Waals surface area contributed by atoms with Gasteiger partial charge in [-0.2, -0.15) is 0 Å². The molecular weight excluding hydrogens is 562 g/mol. The number of rotatable bonds is 10. The Bertz CT molecular complexity index is 1390. The van der Waals surface area contributed by atoms with Gasteiger partial charge < -0.3 is 24.8 Å². The summed E-state index contributed by atoms with van der Waals surface area (Å²) in [5.74, 6) is 3.61. The molecule has 1 unspecified atom stereocenters. The molecule has 3 aliphatic rings. The van der Waals surface area contributed by atoms with Crippen LogP contribution in [0.3, 0.4) is 0 Å². The third-order valence-corrected chi connectivity index (χ3v) is 8.97. The summed E-state index contributed by atoms with van der Waals surface area (Å²) in [6.07, 6.45) is 5.90. The number of amides is 1. The lowest BCUT2D eigenvalue weighted by atomic mass is 10.00. The molecule has 1 amide bonds. The molecule has 10 heteroatoms. The van der Waals surface area contributed by atoms with Crippen molar-refractivity contribution >= 4 is 29.0 Å². The number of nitrogens with one attached hydrogen (secondary N) is 1. The molecule has 9 nitrogen and oxygen atoms in total. The van der Waals surface area contributed by atoms with Crippen LogP contribution < -0.4 is 15.0 Å². The van der Waals surface area contributed by atoms with E-state index in [0.717, 1.165) is 113 Å². The molecule has 2 saturated heterocycles. The number of hydrogen-bond acceptors (Lipinski definition) is 8. The van der Waals surface area contributed by atoms with Crippen LogP contribution in [0.15, 0.2) is 54.7 Å². The largest absolute Gasteiger partial charge is 0.457 e. The Kier molecular flexibility index (Phi) is 9.61. The Morgan fingerprint density at radius 1 is 0.930 bits per heavy atom. The average Bonchev–Trinajstić information content (AvgIpc) is 3.56. The van der Waals surface area contributed by atoms with Crippen molar-refractivity contribution in [3.63, 3.8) is 0 Å². The number of piperazine rings is 1. The number of hydrogen-bond donors (Lipinski definition) is 1. The van der Waals surface area contributed by atoms with E-state index < -0.39 is 0 Å². The quantitative estimate of drug-likeness (QED) is 0.338. The number of carbonyl (C=O) groups is 1. The monoisotopic (exact) mass is 603 g/mol. The standard InChI is InChI=1S/C33H42ClN7O2/c1-25-35-24-30-31(37-27-7-5-9-29(23-27)43-28-8-4-6-26(34)22-28)10-15-41(33(30)36-25)21-20-39-18-16-38(17-19-39)14-11-32(42)40-12-2-3-13-40/h4-9,22-24,31,37H,2-3,10-21H2,1H3. The van der Waals surface area contributed by atoms with Crippen LogP contribution in [-0.2, 0) is 4.79 Å². The molecule has 0 bridgehead atoms. The molecule has 228 valence electrons. The zero-order chi connectivity index (χ0) is 29.6. The van der Waals surface area contributed by atoms with Gasteiger partial charge in [0.2, 0.25) is 5.91 Å². The lowest BCUT2D eigenvalue weighted by Crippen LogP contribution is -2.49. The van der Waals surface area contributed by atoms with E-state index in [4.69, 9.17) is 21.3 Å². The lowest BCUT2D eigenvalue weighted by molar-refractivity contribution is -0.130. The number of fused-ring (bicyclic) bond motifs is 1. The third kappa shape index (κ3) is 7.77. The molecule has 0 aliphatic carbocycles. The van der Waals surface area contributed by atoms with Crippen LogP contribution >= 0.6 is 11.6 Å². The fraction of sp³-hybridized carbons (Fsp3) is 0.485. The van der Waals surface area contributed by atoms with E-state index in [1.54, 1.807) is 0 Å². The topological polar surface area (TPSA) is 77.1 Å². The van der Waals surface area contributed by atoms with Gasteiger partial charge in [0.05, 0.1) is 6.04 Å². The molecule has 2 aromatic carbocycles. The van der Waals surface area contributed by atoms with Crippen LogP contribution in [0.2, 0.25) is 5.02 Å². The summed E-state index contributed by atoms with van der Waals surface area (Å²) in [4.78, 5) is 31.3. The molecule has 1 N–H and O–H groups in total. The molecule has 3 aliphatic heterocycles. The highest BCUT2D eigenvalue weighted by Crippen LogP contribution is 2.35. The molecule has 0 spiro atoms. The molecule has 2 fully saturated rings. The van der Waals surface area contributed by atoms with E-state index in [-0.39, 0.29) is 6.04 Å². The molecule has 3 aromatic rings. The highest BCUT2D eigenvalue weighted by atomic mass is 35.5. The minimum atomic E-state index is 0.111. The zero-order valence-corrected chi connectivity index (χ0v) is 25.8. The minimum Gasteiger partial charge on any atom is -0.457 e. The maximum absolute atomic E-state index is 12.4. The van der Waals surface area contributed by atoms with E-state index in [9.17, 15) is 4.79 Å². The molecule has 0 saturated carbocycles. The van der Waals surface area contributed by atoms with E-state index in [2.05, 4.69) is 31.1 Å². The first-order valence-electron chi connectivity index (χ1n) is 15.6. The number of likely N-dealkylation sites (tertiary alicyclic amines) is 1. The van der Waals surface area contributed by atoms with Crippen molar-refractivity contribution in [2.75, 3.05) is 75.7 Å². The number of aryl methyl sites for hydroxylation is 1. The van der Waals surface area contributed by atoms with Crippen LogP contribution in [0.5, 0.6) is 11.5 Å². The summed E-state index contributed by atoms with van der Waals surface area (Å²) in [5.41, 5.74) is 2.12. The Morgan fingerprint density at radius 2 is 1.65 bits per heavy atom. The van der Waals surface area contributed by atoms with Crippen molar-refractivity contribution in [2.45, 2.75) is 38.6 Å². The number of carbonyl (C=O) groups excluding carboxylic acids is 1. The van der Waals surface area contributed by atoms with Gasteiger partial charge >= 0.3 is 0 Å². The van der Waals surface area contributed by atoms with Crippen molar-refractivity contribution in [1.29, 1.82) is 0 Å². The van der Waals surface area contributed by atoms with E-state index in [1.807, 2.05) is 60.5 Å². The minimum absolute atomic E-state index is 0.111. The van der Waals surface area contributed by atoms with Gasteiger partial charge in [0, 0.05) is 100 Å². The van der Waals surface area contributed by atoms with Crippen molar-refractivity contribution in [3.8, 4) is 11.5 Å². The van der Waals surface area contributed by atoms with E-state index >= 15 is 0 Å². The first-order chi connectivity index (χ1) is 21.0. The van der Waals surface area contributed by atoms with Crippen molar-refractivity contribution in [3.05, 3.63) is 71.1 Å². The number of benzene rings is 2. The summed E-state index contributed by atoms with van der Waals surface area (Å²) in [6, 6.07) is 15.6. The maximum Gasteiger partial charge on any atom is 0.223 e. The average molecular weight is 604 g/mol. The third-order valence-electron chi connectivity index (χ3n) is 8.74. The normalized spacial score (nSPS) is 19.3. The Morgan fingerprint density at radius 3 is 2.42 bits per heavy atom. The number of aromatic nitrogens is 2. The van der Waals surface area contributed by atoms with Crippen LogP contribution in [0.1, 0.15) is 43.1 Å². The lowest BCUT2D eigenvalue weighted by Gasteiger charge is -2.38. The summed E-state index contributed by atoms with van der Waals surface area (Å²) in [6.45, 7) is 11.7. The molecule has 1 atom stereocenters. The van der Waals surface area contributed by atoms with E-state index in [0.29, 0.717) is 23.1 Å². The zero-order valence-electron chi connectivity index (χ0n) is 25.1. The van der Waals surface area contributed by atoms with Gasteiger partial charge in [-0.15, -0.1) is 0 Å². The molecule has 6 rings (SSSR count). The predicted molar refractivity (Wildman–Crippen MR) is 171 cm³/mol. The second-order valence-corrected chi connectivity index (χ2v) is 12.2. The summed E-state index contributed by atoms with van der Waals surface area (Å²) < 4.78 is 6.05. The molecule has 1 aromatic heterocycles. The number of ether oxygens (including phenoxy) is 1. The van der Waals surface area contributed by atoms with Gasteiger partial charge in [-0.05, 0) is 56.5 Å². The van der Waals surface area contributed by atoms with Crippen LogP contribution in [0.25, 0.3) is 0 Å². The fourth-order valence-corrected chi connectivity index (χ4v) is 6.45. The van der Waals surface area contributed by atoms with Crippen LogP contribution in [0.4, 0.5) is 11.5 Å².